The van der Waals surface area contributed by atoms with E-state index in [-0.39, 0.29) is 5.43 Å². The van der Waals surface area contributed by atoms with E-state index in [0.29, 0.717) is 6.61 Å². The lowest BCUT2D eigenvalue weighted by molar-refractivity contribution is 0.0957. The summed E-state index contributed by atoms with van der Waals surface area (Å²) in [6.07, 6.45) is 3.18. The molecule has 0 fully saturated rings. The number of hydrogen-bond donors (Lipinski definition) is 0. The van der Waals surface area contributed by atoms with Gasteiger partial charge in [-0.15, -0.1) is 0 Å². The predicted molar refractivity (Wildman–Crippen MR) is 64.0 cm³/mol. The minimum absolute atomic E-state index is 0.0331. The monoisotopic (exact) mass is 231 g/mol. The number of hydrogen-bond acceptors (Lipinski definition) is 3. The second kappa shape index (κ2) is 5.21. The molecule has 0 aliphatic heterocycles. The smallest absolute Gasteiger partial charge is 0.181 e. The maximum atomic E-state index is 10.9. The van der Waals surface area contributed by atoms with Crippen molar-refractivity contribution in [1.29, 1.82) is 0 Å². The molecule has 0 aliphatic carbocycles. The highest BCUT2D eigenvalue weighted by Gasteiger charge is 1.95. The summed E-state index contributed by atoms with van der Waals surface area (Å²) >= 11 is 0. The van der Waals surface area contributed by atoms with E-state index in [4.69, 9.17) is 9.57 Å². The van der Waals surface area contributed by atoms with E-state index in [1.165, 1.54) is 16.9 Å². The van der Waals surface area contributed by atoms with Gasteiger partial charge in [-0.1, -0.05) is 12.1 Å². The average molecular weight is 231 g/mol. The van der Waals surface area contributed by atoms with Crippen molar-refractivity contribution in [2.75, 3.05) is 7.11 Å². The van der Waals surface area contributed by atoms with Crippen LogP contribution in [0.1, 0.15) is 5.56 Å². The summed E-state index contributed by atoms with van der Waals surface area (Å²) in [5.74, 6) is 0.817. The van der Waals surface area contributed by atoms with Crippen molar-refractivity contribution in [3.05, 3.63) is 64.6 Å². The zero-order valence-electron chi connectivity index (χ0n) is 9.50. The fourth-order valence-electron chi connectivity index (χ4n) is 1.36. The number of benzene rings is 1. The van der Waals surface area contributed by atoms with Crippen molar-refractivity contribution < 1.29 is 9.57 Å². The first-order valence-electron chi connectivity index (χ1n) is 5.22. The molecule has 17 heavy (non-hydrogen) atoms. The highest BCUT2D eigenvalue weighted by Crippen LogP contribution is 2.11. The molecule has 0 atom stereocenters. The molecule has 2 aromatic rings. The van der Waals surface area contributed by atoms with Gasteiger partial charge in [0.25, 0.3) is 0 Å². The lowest BCUT2D eigenvalue weighted by Crippen LogP contribution is -2.12. The number of aromatic nitrogens is 1. The van der Waals surface area contributed by atoms with Gasteiger partial charge < -0.3 is 9.57 Å². The van der Waals surface area contributed by atoms with Gasteiger partial charge in [-0.25, -0.2) is 0 Å². The van der Waals surface area contributed by atoms with E-state index < -0.39 is 0 Å². The normalized spacial score (nSPS) is 9.94. The van der Waals surface area contributed by atoms with Crippen LogP contribution in [-0.2, 0) is 6.61 Å². The van der Waals surface area contributed by atoms with Gasteiger partial charge in [0, 0.05) is 24.5 Å². The van der Waals surface area contributed by atoms with Crippen molar-refractivity contribution in [3.63, 3.8) is 0 Å². The molecule has 4 nitrogen and oxygen atoms in total. The van der Waals surface area contributed by atoms with Crippen molar-refractivity contribution in [3.8, 4) is 5.75 Å². The van der Waals surface area contributed by atoms with Crippen LogP contribution in [-0.4, -0.2) is 11.8 Å². The zero-order chi connectivity index (χ0) is 12.1. The molecule has 0 saturated heterocycles. The molecule has 1 aromatic heterocycles. The topological polar surface area (TPSA) is 40.5 Å². The summed E-state index contributed by atoms with van der Waals surface area (Å²) < 4.78 is 6.57. The Morgan fingerprint density at radius 1 is 1.06 bits per heavy atom. The Kier molecular flexibility index (Phi) is 3.45. The standard InChI is InChI=1S/C13H13NO3/c1-16-13-4-2-11(3-5-13)10-17-14-8-6-12(15)7-9-14/h2-9H,10H2,1H3. The lowest BCUT2D eigenvalue weighted by atomic mass is 10.2. The molecule has 88 valence electrons. The van der Waals surface area contributed by atoms with E-state index in [1.54, 1.807) is 19.5 Å². The maximum Gasteiger partial charge on any atom is 0.181 e. The largest absolute Gasteiger partial charge is 0.497 e. The number of rotatable bonds is 4. The van der Waals surface area contributed by atoms with E-state index in [9.17, 15) is 4.79 Å². The first kappa shape index (κ1) is 11.3. The van der Waals surface area contributed by atoms with Crippen LogP contribution in [0, 0.1) is 0 Å². The van der Waals surface area contributed by atoms with E-state index >= 15 is 0 Å². The van der Waals surface area contributed by atoms with Crippen LogP contribution in [0.15, 0.2) is 53.6 Å². The third kappa shape index (κ3) is 3.11. The summed E-state index contributed by atoms with van der Waals surface area (Å²) in [6.45, 7) is 0.437. The molecule has 0 unspecified atom stereocenters. The van der Waals surface area contributed by atoms with Crippen molar-refractivity contribution >= 4 is 0 Å². The Morgan fingerprint density at radius 2 is 1.71 bits per heavy atom. The molecule has 0 bridgehead atoms. The van der Waals surface area contributed by atoms with Crippen LogP contribution in [0.4, 0.5) is 0 Å². The third-order valence-electron chi connectivity index (χ3n) is 2.31. The summed E-state index contributed by atoms with van der Waals surface area (Å²) in [6, 6.07) is 10.5. The van der Waals surface area contributed by atoms with E-state index in [0.717, 1.165) is 11.3 Å². The quantitative estimate of drug-likeness (QED) is 0.800. The number of pyridine rings is 1. The second-order valence-corrected chi connectivity index (χ2v) is 3.52. The van der Waals surface area contributed by atoms with Crippen molar-refractivity contribution in [2.45, 2.75) is 6.61 Å². The molecule has 0 aliphatic rings. The van der Waals surface area contributed by atoms with Gasteiger partial charge in [0.1, 0.15) is 12.4 Å². The molecule has 1 aromatic carbocycles. The molecule has 2 rings (SSSR count). The summed E-state index contributed by atoms with van der Waals surface area (Å²) in [7, 11) is 1.63. The Bertz CT molecular complexity index is 511. The van der Waals surface area contributed by atoms with Crippen LogP contribution < -0.4 is 15.0 Å². The highest BCUT2D eigenvalue weighted by molar-refractivity contribution is 5.26. The maximum absolute atomic E-state index is 10.9. The van der Waals surface area contributed by atoms with Crippen LogP contribution in [0.5, 0.6) is 5.75 Å². The zero-order valence-corrected chi connectivity index (χ0v) is 9.50. The molecule has 0 radical (unpaired) electrons. The first-order chi connectivity index (χ1) is 8.28. The molecular weight excluding hydrogens is 218 g/mol. The lowest BCUT2D eigenvalue weighted by Gasteiger charge is -2.08. The number of ether oxygens (including phenoxy) is 1. The van der Waals surface area contributed by atoms with Gasteiger partial charge in [0.2, 0.25) is 0 Å². The summed E-state index contributed by atoms with van der Waals surface area (Å²) in [5.41, 5.74) is 0.999. The molecule has 0 amide bonds. The Morgan fingerprint density at radius 3 is 2.29 bits per heavy atom. The third-order valence-corrected chi connectivity index (χ3v) is 2.31. The van der Waals surface area contributed by atoms with Gasteiger partial charge in [-0.2, -0.15) is 4.73 Å². The van der Waals surface area contributed by atoms with Crippen LogP contribution >= 0.6 is 0 Å². The fourth-order valence-corrected chi connectivity index (χ4v) is 1.36. The van der Waals surface area contributed by atoms with Gasteiger partial charge in [0.05, 0.1) is 7.11 Å². The van der Waals surface area contributed by atoms with E-state index in [1.807, 2.05) is 24.3 Å². The van der Waals surface area contributed by atoms with Crippen LogP contribution in [0.3, 0.4) is 0 Å². The van der Waals surface area contributed by atoms with Gasteiger partial charge in [-0.05, 0) is 17.7 Å². The van der Waals surface area contributed by atoms with Crippen molar-refractivity contribution in [1.82, 2.24) is 4.73 Å². The average Bonchev–Trinajstić information content (AvgIpc) is 2.39. The van der Waals surface area contributed by atoms with E-state index in [2.05, 4.69) is 0 Å². The Labute approximate surface area is 99.0 Å². The highest BCUT2D eigenvalue weighted by atomic mass is 16.7. The minimum atomic E-state index is -0.0331. The molecule has 1 heterocycles. The van der Waals surface area contributed by atoms with Crippen LogP contribution in [0.2, 0.25) is 0 Å². The Balaban J connectivity index is 1.97. The summed E-state index contributed by atoms with van der Waals surface area (Å²) in [5, 5.41) is 0. The Hall–Kier alpha value is -2.23. The molecule has 0 N–H and O–H groups in total. The first-order valence-corrected chi connectivity index (χ1v) is 5.22. The van der Waals surface area contributed by atoms with Gasteiger partial charge in [0.15, 0.2) is 5.43 Å². The van der Waals surface area contributed by atoms with Crippen molar-refractivity contribution in [2.24, 2.45) is 0 Å². The molecule has 0 saturated carbocycles. The van der Waals surface area contributed by atoms with Crippen LogP contribution in [0.25, 0.3) is 0 Å². The SMILES string of the molecule is COc1ccc(COn2ccc(=O)cc2)cc1. The predicted octanol–water partition coefficient (Wildman–Crippen LogP) is 1.49. The summed E-state index contributed by atoms with van der Waals surface area (Å²) in [4.78, 5) is 16.3. The number of nitrogens with zero attached hydrogens (tertiary/aromatic N) is 1. The molecular formula is C13H13NO3. The fraction of sp³-hybridized carbons (Fsp3) is 0.154. The van der Waals surface area contributed by atoms with Gasteiger partial charge >= 0.3 is 0 Å². The van der Waals surface area contributed by atoms with Gasteiger partial charge in [-0.3, -0.25) is 4.79 Å². The number of methoxy groups -OCH3 is 1. The minimum Gasteiger partial charge on any atom is -0.497 e. The second-order valence-electron chi connectivity index (χ2n) is 3.52. The molecule has 4 heteroatoms. The molecule has 0 spiro atoms.